The molecule has 8 heteroatoms. The van der Waals surface area contributed by atoms with E-state index in [4.69, 9.17) is 0 Å². The number of hydrogen-bond acceptors (Lipinski definition) is 4. The highest BCUT2D eigenvalue weighted by Gasteiger charge is 2.51. The third kappa shape index (κ3) is 5.85. The van der Waals surface area contributed by atoms with Crippen LogP contribution in [0.4, 0.5) is 11.4 Å². The first-order valence-electron chi connectivity index (χ1n) is 15.3. The molecule has 8 nitrogen and oxygen atoms in total. The third-order valence-corrected chi connectivity index (χ3v) is 9.49. The molecule has 4 fully saturated rings. The van der Waals surface area contributed by atoms with Crippen molar-refractivity contribution >= 4 is 47.2 Å². The van der Waals surface area contributed by atoms with E-state index < -0.39 is 12.1 Å². The molecule has 220 valence electrons. The van der Waals surface area contributed by atoms with Gasteiger partial charge in [0, 0.05) is 35.3 Å². The van der Waals surface area contributed by atoms with E-state index in [1.165, 1.54) is 0 Å². The first-order chi connectivity index (χ1) is 20.1. The van der Waals surface area contributed by atoms with Gasteiger partial charge in [-0.05, 0) is 86.8 Å². The molecule has 0 aromatic heterocycles. The van der Waals surface area contributed by atoms with Crippen molar-refractivity contribution in [2.24, 2.45) is 10.8 Å². The van der Waals surface area contributed by atoms with E-state index in [1.807, 2.05) is 74.5 Å². The van der Waals surface area contributed by atoms with Crippen molar-refractivity contribution in [1.82, 2.24) is 9.80 Å². The Kier molecular flexibility index (Phi) is 7.41. The van der Waals surface area contributed by atoms with E-state index in [0.29, 0.717) is 37.3 Å². The highest BCUT2D eigenvalue weighted by molar-refractivity contribution is 5.99. The average Bonchev–Trinajstić information content (AvgIpc) is 3.77. The molecule has 2 aliphatic carbocycles. The Bertz CT molecular complexity index is 1300. The first-order valence-corrected chi connectivity index (χ1v) is 15.3. The monoisotopic (exact) mass is 568 g/mol. The third-order valence-electron chi connectivity index (χ3n) is 9.49. The molecule has 2 aromatic carbocycles. The van der Waals surface area contributed by atoms with Crippen molar-refractivity contribution in [3.63, 3.8) is 0 Å². The molecule has 0 unspecified atom stereocenters. The molecule has 4 amide bonds. The fourth-order valence-electron chi connectivity index (χ4n) is 6.06. The molecule has 2 aliphatic heterocycles. The van der Waals surface area contributed by atoms with Crippen LogP contribution < -0.4 is 10.6 Å². The Labute approximate surface area is 247 Å². The Morgan fingerprint density at radius 3 is 1.33 bits per heavy atom. The van der Waals surface area contributed by atoms with Crippen LogP contribution >= 0.6 is 0 Å². The van der Waals surface area contributed by atoms with Gasteiger partial charge < -0.3 is 20.4 Å². The minimum absolute atomic E-state index is 0.117. The summed E-state index contributed by atoms with van der Waals surface area (Å²) in [5, 5.41) is 5.98. The van der Waals surface area contributed by atoms with E-state index >= 15 is 0 Å². The second kappa shape index (κ2) is 11.0. The number of benzene rings is 2. The van der Waals surface area contributed by atoms with Gasteiger partial charge in [0.05, 0.1) is 0 Å². The minimum atomic E-state index is -0.395. The summed E-state index contributed by atoms with van der Waals surface area (Å²) in [4.78, 5) is 55.1. The number of likely N-dealkylation sites (tertiary alicyclic amines) is 2. The van der Waals surface area contributed by atoms with Gasteiger partial charge in [-0.15, -0.1) is 0 Å². The summed E-state index contributed by atoms with van der Waals surface area (Å²) in [5.74, 6) is -0.00679. The maximum absolute atomic E-state index is 13.0. The lowest BCUT2D eigenvalue weighted by molar-refractivity contribution is -0.141. The summed E-state index contributed by atoms with van der Waals surface area (Å²) >= 11 is 0. The van der Waals surface area contributed by atoms with Crippen molar-refractivity contribution in [1.29, 1.82) is 0 Å². The quantitative estimate of drug-likeness (QED) is 0.422. The number of nitrogens with one attached hydrogen (secondary N) is 2. The van der Waals surface area contributed by atoms with Gasteiger partial charge in [-0.25, -0.2) is 0 Å². The summed E-state index contributed by atoms with van der Waals surface area (Å²) in [6.07, 6.45) is 10.8. The van der Waals surface area contributed by atoms with Crippen LogP contribution in [0, 0.1) is 10.8 Å². The second-order valence-corrected chi connectivity index (χ2v) is 13.0. The lowest BCUT2D eigenvalue weighted by atomic mass is 10.1. The van der Waals surface area contributed by atoms with Gasteiger partial charge in [0.15, 0.2) is 0 Å². The number of carbonyl (C=O) groups is 4. The standard InChI is InChI=1S/C34H40N4O4/c1-33(17-18-33)31(41)37-21-3-5-27(37)29(39)35-25-13-9-23(10-14-25)7-8-24-11-15-26(16-12-24)36-30(40)28-6-4-22-38(28)32(42)34(2)19-20-34/h7-16,27-28H,3-6,17-22H2,1-2H3,(H,35,39)(H,36,40)/t27-,28-/m0/s1. The number of amides is 4. The van der Waals surface area contributed by atoms with Gasteiger partial charge in [-0.2, -0.15) is 0 Å². The Morgan fingerprint density at radius 2 is 1.00 bits per heavy atom. The topological polar surface area (TPSA) is 98.8 Å². The first kappa shape index (κ1) is 28.2. The van der Waals surface area contributed by atoms with Gasteiger partial charge >= 0.3 is 0 Å². The Morgan fingerprint density at radius 1 is 0.643 bits per heavy atom. The van der Waals surface area contributed by atoms with Crippen LogP contribution in [0.15, 0.2) is 48.5 Å². The summed E-state index contributed by atoms with van der Waals surface area (Å²) in [6.45, 7) is 5.30. The molecule has 2 saturated carbocycles. The fourth-order valence-corrected chi connectivity index (χ4v) is 6.06. The number of nitrogens with zero attached hydrogens (tertiary/aromatic N) is 2. The number of rotatable bonds is 8. The SMILES string of the molecule is CC1(C(=O)N2CCC[C@H]2C(=O)Nc2ccc(C=Cc3ccc(NC(=O)[C@@H]4CCCN4C(=O)C4(C)CC4)cc3)cc2)CC1. The van der Waals surface area contributed by atoms with Crippen LogP contribution in [0.1, 0.15) is 76.3 Å². The second-order valence-electron chi connectivity index (χ2n) is 13.0. The Balaban J connectivity index is 1.01. The Hall–Kier alpha value is -3.94. The van der Waals surface area contributed by atoms with Crippen LogP contribution in [-0.2, 0) is 19.2 Å². The van der Waals surface area contributed by atoms with Gasteiger partial charge in [0.1, 0.15) is 12.1 Å². The van der Waals surface area contributed by atoms with Crippen molar-refractivity contribution in [2.45, 2.75) is 77.3 Å². The molecule has 2 aromatic rings. The highest BCUT2D eigenvalue weighted by atomic mass is 16.2. The zero-order valence-corrected chi connectivity index (χ0v) is 24.5. The largest absolute Gasteiger partial charge is 0.330 e. The predicted molar refractivity (Wildman–Crippen MR) is 163 cm³/mol. The molecule has 0 spiro atoms. The maximum Gasteiger partial charge on any atom is 0.247 e. The predicted octanol–water partition coefficient (Wildman–Crippen LogP) is 5.32. The van der Waals surface area contributed by atoms with Crippen LogP contribution in [0.25, 0.3) is 12.2 Å². The summed E-state index contributed by atoms with van der Waals surface area (Å²) < 4.78 is 0. The van der Waals surface area contributed by atoms with Gasteiger partial charge in [-0.1, -0.05) is 50.3 Å². The molecular formula is C34H40N4O4. The normalized spacial score (nSPS) is 23.6. The number of carbonyl (C=O) groups excluding carboxylic acids is 4. The molecule has 2 atom stereocenters. The van der Waals surface area contributed by atoms with Crippen molar-refractivity contribution in [3.05, 3.63) is 59.7 Å². The molecule has 42 heavy (non-hydrogen) atoms. The fraction of sp³-hybridized carbons (Fsp3) is 0.471. The van der Waals surface area contributed by atoms with E-state index in [9.17, 15) is 19.2 Å². The van der Waals surface area contributed by atoms with E-state index in [0.717, 1.165) is 49.7 Å². The summed E-state index contributed by atoms with van der Waals surface area (Å²) in [7, 11) is 0. The van der Waals surface area contributed by atoms with E-state index in [-0.39, 0.29) is 34.5 Å². The smallest absolute Gasteiger partial charge is 0.247 e. The lowest BCUT2D eigenvalue weighted by Crippen LogP contribution is -2.45. The molecule has 2 saturated heterocycles. The number of anilines is 2. The van der Waals surface area contributed by atoms with E-state index in [2.05, 4.69) is 10.6 Å². The lowest BCUT2D eigenvalue weighted by Gasteiger charge is -2.26. The van der Waals surface area contributed by atoms with Crippen LogP contribution in [0.5, 0.6) is 0 Å². The van der Waals surface area contributed by atoms with Crippen molar-refractivity contribution < 1.29 is 19.2 Å². The summed E-state index contributed by atoms with van der Waals surface area (Å²) in [5.41, 5.74) is 2.86. The molecule has 2 N–H and O–H groups in total. The van der Waals surface area contributed by atoms with Crippen molar-refractivity contribution in [2.75, 3.05) is 23.7 Å². The van der Waals surface area contributed by atoms with Crippen LogP contribution in [0.2, 0.25) is 0 Å². The molecule has 0 radical (unpaired) electrons. The minimum Gasteiger partial charge on any atom is -0.330 e. The molecule has 6 rings (SSSR count). The van der Waals surface area contributed by atoms with Gasteiger partial charge in [0.2, 0.25) is 23.6 Å². The highest BCUT2D eigenvalue weighted by Crippen LogP contribution is 2.48. The van der Waals surface area contributed by atoms with Crippen LogP contribution in [0.3, 0.4) is 0 Å². The van der Waals surface area contributed by atoms with Gasteiger partial charge in [-0.3, -0.25) is 19.2 Å². The molecule has 4 aliphatic rings. The zero-order chi connectivity index (χ0) is 29.5. The van der Waals surface area contributed by atoms with E-state index in [1.54, 1.807) is 9.80 Å². The van der Waals surface area contributed by atoms with Gasteiger partial charge in [0.25, 0.3) is 0 Å². The van der Waals surface area contributed by atoms with Crippen molar-refractivity contribution in [3.8, 4) is 0 Å². The number of hydrogen-bond donors (Lipinski definition) is 2. The molecule has 2 heterocycles. The van der Waals surface area contributed by atoms with Crippen LogP contribution in [-0.4, -0.2) is 58.6 Å². The zero-order valence-electron chi connectivity index (χ0n) is 24.5. The average molecular weight is 569 g/mol. The summed E-state index contributed by atoms with van der Waals surface area (Å²) in [6, 6.07) is 14.5. The maximum atomic E-state index is 13.0. The molecule has 0 bridgehead atoms. The molecular weight excluding hydrogens is 528 g/mol.